The van der Waals surface area contributed by atoms with Gasteiger partial charge in [-0.05, 0) is 30.2 Å². The molecule has 0 aliphatic heterocycles. The molecular formula is C8H10N6S2. The third kappa shape index (κ3) is 2.22. The summed E-state index contributed by atoms with van der Waals surface area (Å²) < 4.78 is 4.14. The minimum atomic E-state index is 0.224. The second-order valence-corrected chi connectivity index (χ2v) is 4.28. The monoisotopic (exact) mass is 254 g/mol. The molecule has 0 bridgehead atoms. The highest BCUT2D eigenvalue weighted by molar-refractivity contribution is 7.71. The fourth-order valence-electron chi connectivity index (χ4n) is 1.30. The largest absolute Gasteiger partial charge is 0.369 e. The lowest BCUT2D eigenvalue weighted by Gasteiger charge is -2.00. The molecule has 0 radical (unpaired) electrons. The summed E-state index contributed by atoms with van der Waals surface area (Å²) in [5.74, 6) is 0.849. The van der Waals surface area contributed by atoms with Crippen LogP contribution in [-0.4, -0.2) is 24.5 Å². The van der Waals surface area contributed by atoms with E-state index in [0.717, 1.165) is 23.4 Å². The summed E-state index contributed by atoms with van der Waals surface area (Å²) in [6, 6.07) is 0. The van der Waals surface area contributed by atoms with E-state index in [1.807, 2.05) is 0 Å². The molecule has 0 saturated heterocycles. The number of nitrogen functional groups attached to an aromatic ring is 1. The molecule has 0 atom stereocenters. The zero-order valence-corrected chi connectivity index (χ0v) is 10.2. The normalized spacial score (nSPS) is 10.6. The third-order valence-electron chi connectivity index (χ3n) is 1.93. The van der Waals surface area contributed by atoms with Gasteiger partial charge in [0, 0.05) is 0 Å². The number of anilines is 1. The van der Waals surface area contributed by atoms with E-state index in [4.69, 9.17) is 18.0 Å². The molecule has 0 aliphatic carbocycles. The van der Waals surface area contributed by atoms with Gasteiger partial charge in [-0.2, -0.15) is 9.97 Å². The number of H-pyrrole nitrogens is 1. The molecule has 2 aromatic heterocycles. The first kappa shape index (κ1) is 11.1. The highest BCUT2D eigenvalue weighted by Gasteiger charge is 2.12. The quantitative estimate of drug-likeness (QED) is 0.808. The van der Waals surface area contributed by atoms with Crippen LogP contribution in [0.2, 0.25) is 0 Å². The summed E-state index contributed by atoms with van der Waals surface area (Å²) >= 11 is 6.19. The summed E-state index contributed by atoms with van der Waals surface area (Å²) in [6.45, 7) is 2.08. The standard InChI is InChI=1S/C8H10N6S2/c1-2-3-4-5(16-14-13-4)6-10-7(9)12-8(15)11-6/h2-3H2,1H3,(H3,9,10,11,12,15). The van der Waals surface area contributed by atoms with E-state index in [2.05, 4.69) is 31.5 Å². The number of hydrogen-bond acceptors (Lipinski definition) is 7. The highest BCUT2D eigenvalue weighted by Crippen LogP contribution is 2.23. The Morgan fingerprint density at radius 1 is 1.44 bits per heavy atom. The van der Waals surface area contributed by atoms with Gasteiger partial charge in [0.15, 0.2) is 5.82 Å². The minimum absolute atomic E-state index is 0.224. The molecule has 0 aromatic carbocycles. The van der Waals surface area contributed by atoms with Gasteiger partial charge in [0.2, 0.25) is 10.7 Å². The number of hydrogen-bond donors (Lipinski definition) is 2. The summed E-state index contributed by atoms with van der Waals surface area (Å²) in [4.78, 5) is 11.7. The van der Waals surface area contributed by atoms with Crippen LogP contribution < -0.4 is 5.73 Å². The first-order chi connectivity index (χ1) is 7.70. The van der Waals surface area contributed by atoms with Gasteiger partial charge in [0.1, 0.15) is 4.88 Å². The van der Waals surface area contributed by atoms with Crippen molar-refractivity contribution in [1.29, 1.82) is 0 Å². The average Bonchev–Trinajstić information content (AvgIpc) is 2.65. The number of nitrogens with two attached hydrogens (primary N) is 1. The number of nitrogens with zero attached hydrogens (tertiary/aromatic N) is 4. The van der Waals surface area contributed by atoms with Crippen LogP contribution in [0.5, 0.6) is 0 Å². The molecule has 2 heterocycles. The molecular weight excluding hydrogens is 244 g/mol. The third-order valence-corrected chi connectivity index (χ3v) is 2.89. The van der Waals surface area contributed by atoms with Crippen molar-refractivity contribution >= 4 is 29.7 Å². The lowest BCUT2D eigenvalue weighted by molar-refractivity contribution is 0.869. The number of aryl methyl sites for hydroxylation is 1. The van der Waals surface area contributed by atoms with Gasteiger partial charge in [-0.15, -0.1) is 5.10 Å². The fourth-order valence-corrected chi connectivity index (χ4v) is 2.14. The van der Waals surface area contributed by atoms with E-state index in [-0.39, 0.29) is 10.7 Å². The number of aromatic nitrogens is 5. The smallest absolute Gasteiger partial charge is 0.224 e. The Morgan fingerprint density at radius 2 is 2.25 bits per heavy atom. The molecule has 0 amide bonds. The van der Waals surface area contributed by atoms with Crippen LogP contribution in [0.1, 0.15) is 19.0 Å². The van der Waals surface area contributed by atoms with Gasteiger partial charge in [0.25, 0.3) is 0 Å². The lowest BCUT2D eigenvalue weighted by atomic mass is 10.2. The van der Waals surface area contributed by atoms with E-state index in [1.54, 1.807) is 0 Å². The Kier molecular flexibility index (Phi) is 3.20. The van der Waals surface area contributed by atoms with Crippen molar-refractivity contribution in [3.63, 3.8) is 0 Å². The van der Waals surface area contributed by atoms with Crippen molar-refractivity contribution in [3.8, 4) is 10.7 Å². The van der Waals surface area contributed by atoms with Crippen LogP contribution in [0.4, 0.5) is 5.95 Å². The molecule has 8 heteroatoms. The van der Waals surface area contributed by atoms with Gasteiger partial charge in [-0.3, -0.25) is 0 Å². The van der Waals surface area contributed by atoms with E-state index in [1.165, 1.54) is 11.5 Å². The molecule has 0 saturated carbocycles. The van der Waals surface area contributed by atoms with Crippen molar-refractivity contribution in [2.45, 2.75) is 19.8 Å². The van der Waals surface area contributed by atoms with Crippen LogP contribution >= 0.6 is 23.8 Å². The molecule has 6 nitrogen and oxygen atoms in total. The Balaban J connectivity index is 2.49. The molecule has 0 aliphatic rings. The van der Waals surface area contributed by atoms with Crippen LogP contribution in [0.3, 0.4) is 0 Å². The second kappa shape index (κ2) is 4.62. The number of nitrogens with one attached hydrogen (secondary N) is 1. The minimum Gasteiger partial charge on any atom is -0.369 e. The van der Waals surface area contributed by atoms with E-state index in [0.29, 0.717) is 5.82 Å². The van der Waals surface area contributed by atoms with E-state index in [9.17, 15) is 0 Å². The molecule has 3 N–H and O–H groups in total. The first-order valence-corrected chi connectivity index (χ1v) is 5.94. The molecule has 0 fully saturated rings. The zero-order valence-electron chi connectivity index (χ0n) is 8.60. The maximum absolute atomic E-state index is 5.58. The fraction of sp³-hybridized carbons (Fsp3) is 0.375. The maximum Gasteiger partial charge on any atom is 0.224 e. The Morgan fingerprint density at radius 3 is 2.94 bits per heavy atom. The van der Waals surface area contributed by atoms with Gasteiger partial charge in [0.05, 0.1) is 5.69 Å². The van der Waals surface area contributed by atoms with Crippen molar-refractivity contribution in [1.82, 2.24) is 24.5 Å². The summed E-state index contributed by atoms with van der Waals surface area (Å²) in [5, 5.41) is 4.05. The van der Waals surface area contributed by atoms with Gasteiger partial charge < -0.3 is 10.7 Å². The van der Waals surface area contributed by atoms with Crippen LogP contribution in [0.15, 0.2) is 0 Å². The summed E-state index contributed by atoms with van der Waals surface area (Å²) in [5.41, 5.74) is 6.49. The van der Waals surface area contributed by atoms with Gasteiger partial charge >= 0.3 is 0 Å². The van der Waals surface area contributed by atoms with Crippen LogP contribution in [0, 0.1) is 4.77 Å². The van der Waals surface area contributed by atoms with Crippen LogP contribution in [0.25, 0.3) is 10.7 Å². The van der Waals surface area contributed by atoms with E-state index < -0.39 is 0 Å². The highest BCUT2D eigenvalue weighted by atomic mass is 32.1. The number of aromatic amines is 1. The first-order valence-electron chi connectivity index (χ1n) is 4.76. The maximum atomic E-state index is 5.58. The Hall–Kier alpha value is -1.41. The Bertz CT molecular complexity index is 545. The van der Waals surface area contributed by atoms with Crippen molar-refractivity contribution < 1.29 is 0 Å². The Labute approximate surface area is 101 Å². The topological polar surface area (TPSA) is 93.4 Å². The lowest BCUT2D eigenvalue weighted by Crippen LogP contribution is -2.00. The van der Waals surface area contributed by atoms with Crippen molar-refractivity contribution in [2.24, 2.45) is 0 Å². The molecule has 2 rings (SSSR count). The van der Waals surface area contributed by atoms with Crippen molar-refractivity contribution in [2.75, 3.05) is 5.73 Å². The SMILES string of the molecule is CCCc1nnsc1-c1nc(=S)nc(N)[nH]1. The van der Waals surface area contributed by atoms with Gasteiger partial charge in [-0.1, -0.05) is 17.8 Å². The average molecular weight is 254 g/mol. The zero-order chi connectivity index (χ0) is 11.5. The summed E-state index contributed by atoms with van der Waals surface area (Å²) in [6.07, 6.45) is 1.86. The molecule has 84 valence electrons. The van der Waals surface area contributed by atoms with Crippen molar-refractivity contribution in [3.05, 3.63) is 10.5 Å². The number of rotatable bonds is 3. The summed E-state index contributed by atoms with van der Waals surface area (Å²) in [7, 11) is 0. The van der Waals surface area contributed by atoms with Gasteiger partial charge in [-0.25, -0.2) is 0 Å². The molecule has 16 heavy (non-hydrogen) atoms. The molecule has 2 aromatic rings. The molecule has 0 spiro atoms. The second-order valence-electron chi connectivity index (χ2n) is 3.16. The molecule has 0 unspecified atom stereocenters. The van der Waals surface area contributed by atoms with Crippen LogP contribution in [-0.2, 0) is 6.42 Å². The van der Waals surface area contributed by atoms with E-state index >= 15 is 0 Å². The predicted octanol–water partition coefficient (Wildman–Crippen LogP) is 1.59. The predicted molar refractivity (Wildman–Crippen MR) is 64.5 cm³/mol.